The van der Waals surface area contributed by atoms with E-state index in [1.165, 1.54) is 46.4 Å². The highest BCUT2D eigenvalue weighted by Crippen LogP contribution is 2.35. The zero-order valence-electron chi connectivity index (χ0n) is 19.0. The van der Waals surface area contributed by atoms with Crippen LogP contribution < -0.4 is 5.32 Å². The largest absolute Gasteiger partial charge is 0.313 e. The third-order valence-electron chi connectivity index (χ3n) is 6.56. The fraction of sp³-hybridized carbons (Fsp3) is 0.167. The lowest BCUT2D eigenvalue weighted by Gasteiger charge is -2.26. The molecule has 2 aromatic heterocycles. The predicted molar refractivity (Wildman–Crippen MR) is 139 cm³/mol. The Morgan fingerprint density at radius 3 is 2.56 bits per heavy atom. The molecule has 1 atom stereocenters. The summed E-state index contributed by atoms with van der Waals surface area (Å²) in [6.45, 7) is 0. The molecule has 34 heavy (non-hydrogen) atoms. The van der Waals surface area contributed by atoms with Crippen molar-refractivity contribution in [2.24, 2.45) is 5.92 Å². The second-order valence-electron chi connectivity index (χ2n) is 8.74. The summed E-state index contributed by atoms with van der Waals surface area (Å²) in [5, 5.41) is 7.98. The lowest BCUT2D eigenvalue weighted by Crippen LogP contribution is -2.16. The van der Waals surface area contributed by atoms with Crippen molar-refractivity contribution in [3.05, 3.63) is 114 Å². The van der Waals surface area contributed by atoms with Crippen LogP contribution in [0.25, 0.3) is 21.5 Å². The fourth-order valence-electron chi connectivity index (χ4n) is 4.98. The van der Waals surface area contributed by atoms with E-state index in [9.17, 15) is 4.79 Å². The molecule has 4 nitrogen and oxygen atoms in total. The molecule has 2 heterocycles. The lowest BCUT2D eigenvalue weighted by molar-refractivity contribution is -0.105. The normalized spacial score (nSPS) is 14.6. The molecule has 0 bridgehead atoms. The van der Waals surface area contributed by atoms with Gasteiger partial charge in [0, 0.05) is 18.6 Å². The van der Waals surface area contributed by atoms with Crippen LogP contribution in [0.3, 0.4) is 0 Å². The van der Waals surface area contributed by atoms with E-state index in [1.54, 1.807) is 35.5 Å². The average molecular weight is 446 g/mol. The van der Waals surface area contributed by atoms with Gasteiger partial charge in [-0.15, -0.1) is 0 Å². The standard InChI is InChI=1S/C24H21N.C6H6N2O/c1-2-6-21-19(5-1)8-11-24-22-10-7-17(14-18-4-3-13-25-16-18)15-20(22)9-12-23(21)24;9-5-8-6-3-1-2-4-7-6/h1-6,8-9,11-13,16-17H,7,10,14-15H2;1-5H,(H,7,8,9). The van der Waals surface area contributed by atoms with Crippen LogP contribution in [-0.4, -0.2) is 16.4 Å². The number of fused-ring (bicyclic) bond motifs is 5. The number of carbonyl (C=O) groups is 1. The summed E-state index contributed by atoms with van der Waals surface area (Å²) < 4.78 is 0. The number of hydrogen-bond acceptors (Lipinski definition) is 3. The third kappa shape index (κ3) is 4.81. The molecule has 0 saturated carbocycles. The summed E-state index contributed by atoms with van der Waals surface area (Å²) >= 11 is 0. The van der Waals surface area contributed by atoms with Crippen LogP contribution in [0.1, 0.15) is 23.1 Å². The number of nitrogens with one attached hydrogen (secondary N) is 1. The molecule has 4 heteroatoms. The molecule has 0 spiro atoms. The highest BCUT2D eigenvalue weighted by atomic mass is 16.1. The van der Waals surface area contributed by atoms with Crippen LogP contribution in [0.2, 0.25) is 0 Å². The zero-order chi connectivity index (χ0) is 23.2. The van der Waals surface area contributed by atoms with Gasteiger partial charge in [0.05, 0.1) is 0 Å². The van der Waals surface area contributed by atoms with Gasteiger partial charge in [-0.2, -0.15) is 0 Å². The summed E-state index contributed by atoms with van der Waals surface area (Å²) in [6, 6.07) is 27.6. The first-order valence-electron chi connectivity index (χ1n) is 11.7. The first-order chi connectivity index (χ1) is 16.8. The number of anilines is 1. The van der Waals surface area contributed by atoms with Gasteiger partial charge in [-0.1, -0.05) is 60.7 Å². The van der Waals surface area contributed by atoms with Crippen molar-refractivity contribution in [1.82, 2.24) is 9.97 Å². The van der Waals surface area contributed by atoms with Gasteiger partial charge in [0.2, 0.25) is 6.41 Å². The monoisotopic (exact) mass is 445 g/mol. The van der Waals surface area contributed by atoms with Crippen molar-refractivity contribution in [3.63, 3.8) is 0 Å². The number of aromatic nitrogens is 2. The van der Waals surface area contributed by atoms with Gasteiger partial charge in [0.25, 0.3) is 0 Å². The molecule has 0 radical (unpaired) electrons. The SMILES string of the molecule is O=CNc1ccccn1.c1cncc(CC2CCc3c(ccc4c3ccc3ccccc34)C2)c1. The second kappa shape index (κ2) is 10.3. The van der Waals surface area contributed by atoms with E-state index in [-0.39, 0.29) is 0 Å². The van der Waals surface area contributed by atoms with E-state index in [1.807, 2.05) is 18.5 Å². The van der Waals surface area contributed by atoms with E-state index in [4.69, 9.17) is 0 Å². The van der Waals surface area contributed by atoms with E-state index < -0.39 is 0 Å². The van der Waals surface area contributed by atoms with Crippen molar-refractivity contribution in [3.8, 4) is 0 Å². The number of carbonyl (C=O) groups excluding carboxylic acids is 1. The number of pyridine rings is 2. The topological polar surface area (TPSA) is 54.9 Å². The zero-order valence-corrected chi connectivity index (χ0v) is 19.0. The molecule has 6 rings (SSSR count). The molecule has 0 fully saturated rings. The highest BCUT2D eigenvalue weighted by Gasteiger charge is 2.21. The van der Waals surface area contributed by atoms with Crippen molar-refractivity contribution in [2.45, 2.75) is 25.7 Å². The lowest BCUT2D eigenvalue weighted by atomic mass is 9.79. The third-order valence-corrected chi connectivity index (χ3v) is 6.56. The van der Waals surface area contributed by atoms with Crippen LogP contribution in [-0.2, 0) is 24.1 Å². The molecule has 1 N–H and O–H groups in total. The van der Waals surface area contributed by atoms with Crippen molar-refractivity contribution in [2.75, 3.05) is 5.32 Å². The Morgan fingerprint density at radius 1 is 0.853 bits per heavy atom. The Labute approximate surface area is 199 Å². The molecule has 1 amide bonds. The van der Waals surface area contributed by atoms with E-state index in [0.717, 1.165) is 12.3 Å². The maximum atomic E-state index is 9.82. The van der Waals surface area contributed by atoms with Crippen LogP contribution >= 0.6 is 0 Å². The summed E-state index contributed by atoms with van der Waals surface area (Å²) in [7, 11) is 0. The maximum Gasteiger partial charge on any atom is 0.212 e. The molecule has 1 aliphatic rings. The van der Waals surface area contributed by atoms with Gasteiger partial charge in [-0.05, 0) is 88.0 Å². The molecule has 1 unspecified atom stereocenters. The van der Waals surface area contributed by atoms with Crippen LogP contribution in [0.15, 0.2) is 97.5 Å². The smallest absolute Gasteiger partial charge is 0.212 e. The first kappa shape index (κ1) is 21.8. The number of amides is 1. The molecule has 0 aliphatic heterocycles. The van der Waals surface area contributed by atoms with Crippen molar-refractivity contribution < 1.29 is 4.79 Å². The Kier molecular flexibility index (Phi) is 6.57. The molecule has 168 valence electrons. The Morgan fingerprint density at radius 2 is 1.74 bits per heavy atom. The quantitative estimate of drug-likeness (QED) is 0.258. The maximum absolute atomic E-state index is 9.82. The van der Waals surface area contributed by atoms with Gasteiger partial charge < -0.3 is 5.32 Å². The summed E-state index contributed by atoms with van der Waals surface area (Å²) in [6.07, 6.45) is 10.9. The van der Waals surface area contributed by atoms with Gasteiger partial charge in [-0.3, -0.25) is 9.78 Å². The van der Waals surface area contributed by atoms with E-state index in [2.05, 4.69) is 69.9 Å². The van der Waals surface area contributed by atoms with Crippen molar-refractivity contribution >= 4 is 33.8 Å². The number of hydrogen-bond donors (Lipinski definition) is 1. The van der Waals surface area contributed by atoms with Crippen molar-refractivity contribution in [1.29, 1.82) is 0 Å². The van der Waals surface area contributed by atoms with E-state index >= 15 is 0 Å². The summed E-state index contributed by atoms with van der Waals surface area (Å²) in [5.41, 5.74) is 4.48. The molecule has 0 saturated heterocycles. The minimum Gasteiger partial charge on any atom is -0.313 e. The Hall–Kier alpha value is -4.05. The minimum atomic E-state index is 0.576. The van der Waals surface area contributed by atoms with Gasteiger partial charge in [0.15, 0.2) is 0 Å². The highest BCUT2D eigenvalue weighted by molar-refractivity contribution is 6.08. The van der Waals surface area contributed by atoms with Crippen LogP contribution in [0, 0.1) is 5.92 Å². The number of nitrogens with zero attached hydrogens (tertiary/aromatic N) is 2. The fourth-order valence-corrected chi connectivity index (χ4v) is 4.98. The summed E-state index contributed by atoms with van der Waals surface area (Å²) in [4.78, 5) is 17.9. The van der Waals surface area contributed by atoms with Gasteiger partial charge in [0.1, 0.15) is 5.82 Å². The molecule has 3 aromatic carbocycles. The molecule has 1 aliphatic carbocycles. The Bertz CT molecular complexity index is 1400. The predicted octanol–water partition coefficient (Wildman–Crippen LogP) is 6.39. The Balaban J connectivity index is 0.000000227. The number of benzene rings is 3. The summed E-state index contributed by atoms with van der Waals surface area (Å²) in [5.74, 6) is 1.31. The van der Waals surface area contributed by atoms with Gasteiger partial charge >= 0.3 is 0 Å². The average Bonchev–Trinajstić information content (AvgIpc) is 2.90. The second-order valence-corrected chi connectivity index (χ2v) is 8.74. The van der Waals surface area contributed by atoms with Crippen LogP contribution in [0.5, 0.6) is 0 Å². The first-order valence-corrected chi connectivity index (χ1v) is 11.7. The van der Waals surface area contributed by atoms with E-state index in [0.29, 0.717) is 12.2 Å². The van der Waals surface area contributed by atoms with Crippen LogP contribution in [0.4, 0.5) is 5.82 Å². The molecular formula is C30H27N3O. The number of rotatable bonds is 4. The molecule has 5 aromatic rings. The van der Waals surface area contributed by atoms with Gasteiger partial charge in [-0.25, -0.2) is 4.98 Å². The minimum absolute atomic E-state index is 0.576. The molecular weight excluding hydrogens is 418 g/mol. The number of aryl methyl sites for hydroxylation is 1.